The smallest absolute Gasteiger partial charge is 0.481 e. The summed E-state index contributed by atoms with van der Waals surface area (Å²) in [5, 5.41) is 67.4. The molecule has 632 valence electrons. The molecule has 15 atom stereocenters. The zero-order valence-electron chi connectivity index (χ0n) is 63.5. The third kappa shape index (κ3) is 36.0. The molecule has 1 heterocycles. The van der Waals surface area contributed by atoms with Crippen LogP contribution < -0.4 is 97.0 Å². The van der Waals surface area contributed by atoms with E-state index in [1.165, 1.54) is 32.9 Å². The molecule has 45 nitrogen and oxygen atoms in total. The van der Waals surface area contributed by atoms with Gasteiger partial charge in [0.25, 0.3) is 0 Å². The van der Waals surface area contributed by atoms with Crippen molar-refractivity contribution in [2.45, 2.75) is 230 Å². The number of amides is 15. The molecule has 1 fully saturated rings. The van der Waals surface area contributed by atoms with E-state index in [4.69, 9.17) is 28.7 Å². The number of thiol groups is 1. The summed E-state index contributed by atoms with van der Waals surface area (Å²) in [5.74, 6) is -22.6. The summed E-state index contributed by atoms with van der Waals surface area (Å²) in [5.41, 5.74) is 27.4. The first-order valence-electron chi connectivity index (χ1n) is 35.7. The van der Waals surface area contributed by atoms with Crippen LogP contribution in [0.15, 0.2) is 29.3 Å². The molecule has 28 N–H and O–H groups in total. The van der Waals surface area contributed by atoms with Crippen molar-refractivity contribution in [2.24, 2.45) is 45.5 Å². The summed E-state index contributed by atoms with van der Waals surface area (Å²) in [6, 6.07) is -18.0. The number of benzene rings is 1. The number of nitrogens with two attached hydrogens (primary N) is 5. The van der Waals surface area contributed by atoms with Gasteiger partial charge in [0.15, 0.2) is 5.96 Å². The first-order chi connectivity index (χ1) is 52.5. The van der Waals surface area contributed by atoms with Gasteiger partial charge in [-0.25, -0.2) is 9.36 Å². The number of aliphatic imine (C=N–C) groups is 1. The quantitative estimate of drug-likeness (QED) is 0.00947. The number of hydrogen-bond acceptors (Lipinski definition) is 24. The number of nitrogens with one attached hydrogen (secondary N) is 12. The van der Waals surface area contributed by atoms with Gasteiger partial charge < -0.3 is 122 Å². The maximum absolute atomic E-state index is 14.8. The van der Waals surface area contributed by atoms with Crippen LogP contribution in [0, 0.1) is 11.8 Å². The second kappa shape index (κ2) is 47.5. The predicted octanol–water partition coefficient (Wildman–Crippen LogP) is -8.08. The Hall–Kier alpha value is -10.8. The van der Waals surface area contributed by atoms with E-state index in [2.05, 4.69) is 85.9 Å². The first-order valence-corrected chi connectivity index (χ1v) is 37.8. The second-order valence-corrected chi connectivity index (χ2v) is 29.0. The Morgan fingerprint density at radius 3 is 1.45 bits per heavy atom. The second-order valence-electron chi connectivity index (χ2n) is 27.4. The topological polar surface area (TPSA) is 745 Å². The van der Waals surface area contributed by atoms with Crippen molar-refractivity contribution in [3.05, 3.63) is 29.8 Å². The summed E-state index contributed by atoms with van der Waals surface area (Å²) < 4.78 is 16.3. The minimum Gasteiger partial charge on any atom is -0.481 e. The number of rotatable bonds is 50. The van der Waals surface area contributed by atoms with Crippen molar-refractivity contribution in [3.63, 3.8) is 0 Å². The molecule has 1 aromatic rings. The third-order valence-corrected chi connectivity index (χ3v) is 17.8. The lowest BCUT2D eigenvalue weighted by molar-refractivity contribution is -0.145. The van der Waals surface area contributed by atoms with Crippen molar-refractivity contribution < 1.29 is 126 Å². The SMILES string of the molecule is CC(C)C[C@H](NC(=O)[C@H](Cc1ccc(OP(=O)(O)O)cc1)NC(=O)[C@H](CCC(=O)O)NC(=O)[C@H](C)NC(=O)[C@H](CC(N)=O)NC(=O)[C@H](CCC(=O)O)NC(=O)[C@H](C)NC(=O)[C@@H](NC(=O)[C@@H](N)CS)[C@@H](C)O)C(=O)N[C@@H](CCCN=C(N)N)C(=O)N[C@H](C(=O)N[C@@H](C)C(=O)N1CCC[C@H]1C(=O)N[C@@H](CCC(N)=O)C(=O)O)C(C)C. The van der Waals surface area contributed by atoms with Crippen molar-refractivity contribution in [1.82, 2.24) is 68.7 Å². The number of carbonyl (C=O) groups excluding carboxylic acids is 15. The van der Waals surface area contributed by atoms with Gasteiger partial charge in [0.2, 0.25) is 88.6 Å². The number of carbonyl (C=O) groups is 18. The number of phosphoric acid groups is 1. The molecular formula is C66H106N19O26PS. The van der Waals surface area contributed by atoms with Crippen LogP contribution in [0.1, 0.15) is 138 Å². The molecule has 2 rings (SSSR count). The molecule has 47 heteroatoms. The number of phosphoric ester groups is 1. The highest BCUT2D eigenvalue weighted by molar-refractivity contribution is 7.80. The number of guanidine groups is 1. The van der Waals surface area contributed by atoms with Gasteiger partial charge >= 0.3 is 25.7 Å². The molecule has 0 saturated carbocycles. The summed E-state index contributed by atoms with van der Waals surface area (Å²) >= 11 is 3.91. The summed E-state index contributed by atoms with van der Waals surface area (Å²) in [6.07, 6.45) is -6.94. The first kappa shape index (κ1) is 98.2. The highest BCUT2D eigenvalue weighted by atomic mass is 32.1. The lowest BCUT2D eigenvalue weighted by Crippen LogP contribution is -2.61. The molecule has 0 radical (unpaired) electrons. The fraction of sp³-hybridized carbons (Fsp3) is 0.621. The number of aliphatic carboxylic acids is 3. The number of hydrogen-bond donors (Lipinski definition) is 24. The summed E-state index contributed by atoms with van der Waals surface area (Å²) in [7, 11) is -5.12. The van der Waals surface area contributed by atoms with E-state index in [0.717, 1.165) is 37.8 Å². The monoisotopic (exact) mass is 1640 g/mol. The van der Waals surface area contributed by atoms with E-state index < -0.39 is 255 Å². The van der Waals surface area contributed by atoms with Gasteiger partial charge in [0.1, 0.15) is 84.3 Å². The van der Waals surface area contributed by atoms with Crippen LogP contribution >= 0.6 is 20.5 Å². The van der Waals surface area contributed by atoms with Gasteiger partial charge in [-0.1, -0.05) is 39.8 Å². The van der Waals surface area contributed by atoms with E-state index in [9.17, 15) is 121 Å². The Morgan fingerprint density at radius 1 is 0.531 bits per heavy atom. The Balaban J connectivity index is 2.57. The van der Waals surface area contributed by atoms with Crippen molar-refractivity contribution in [3.8, 4) is 5.75 Å². The van der Waals surface area contributed by atoms with Gasteiger partial charge in [-0.05, 0) is 109 Å². The minimum atomic E-state index is -5.12. The van der Waals surface area contributed by atoms with E-state index in [-0.39, 0.29) is 74.6 Å². The fourth-order valence-electron chi connectivity index (χ4n) is 10.9. The highest BCUT2D eigenvalue weighted by Gasteiger charge is 2.41. The lowest BCUT2D eigenvalue weighted by atomic mass is 9.99. The summed E-state index contributed by atoms with van der Waals surface area (Å²) in [4.78, 5) is 264. The van der Waals surface area contributed by atoms with Gasteiger partial charge in [-0.15, -0.1) is 0 Å². The van der Waals surface area contributed by atoms with E-state index in [1.807, 2.05) is 0 Å². The maximum atomic E-state index is 14.8. The number of nitrogens with zero attached hydrogens (tertiary/aromatic N) is 2. The van der Waals surface area contributed by atoms with Gasteiger partial charge in [-0.2, -0.15) is 12.6 Å². The van der Waals surface area contributed by atoms with E-state index in [0.29, 0.717) is 6.42 Å². The van der Waals surface area contributed by atoms with Crippen LogP contribution in [0.2, 0.25) is 0 Å². The van der Waals surface area contributed by atoms with Crippen molar-refractivity contribution >= 4 is 133 Å². The maximum Gasteiger partial charge on any atom is 0.524 e. The number of carboxylic acid groups (broad SMARTS) is 3. The zero-order chi connectivity index (χ0) is 86.1. The molecule has 15 amide bonds. The molecule has 0 aliphatic carbocycles. The molecule has 0 unspecified atom stereocenters. The number of aliphatic hydroxyl groups excluding tert-OH is 1. The Kier molecular flexibility index (Phi) is 41.3. The third-order valence-electron chi connectivity index (χ3n) is 16.9. The molecule has 1 aromatic carbocycles. The molecule has 0 bridgehead atoms. The zero-order valence-corrected chi connectivity index (χ0v) is 65.3. The van der Waals surface area contributed by atoms with E-state index in [1.54, 1.807) is 13.8 Å². The van der Waals surface area contributed by atoms with Crippen molar-refractivity contribution in [1.29, 1.82) is 0 Å². The Bertz CT molecular complexity index is 3660. The predicted molar refractivity (Wildman–Crippen MR) is 399 cm³/mol. The Morgan fingerprint density at radius 2 is 0.973 bits per heavy atom. The van der Waals surface area contributed by atoms with Crippen LogP contribution in [-0.2, 0) is 97.3 Å². The molecule has 1 aliphatic rings. The van der Waals surface area contributed by atoms with Crippen LogP contribution in [-0.4, -0.2) is 257 Å². The highest BCUT2D eigenvalue weighted by Crippen LogP contribution is 2.37. The number of carboxylic acids is 3. The van der Waals surface area contributed by atoms with Crippen LogP contribution in [0.3, 0.4) is 0 Å². The van der Waals surface area contributed by atoms with Crippen LogP contribution in [0.25, 0.3) is 0 Å². The molecule has 1 saturated heterocycles. The largest absolute Gasteiger partial charge is 0.524 e. The molecule has 0 aromatic heterocycles. The number of primary amides is 2. The van der Waals surface area contributed by atoms with E-state index >= 15 is 0 Å². The molecule has 0 spiro atoms. The summed E-state index contributed by atoms with van der Waals surface area (Å²) in [6.45, 7) is 10.9. The van der Waals surface area contributed by atoms with Crippen LogP contribution in [0.5, 0.6) is 5.75 Å². The number of aliphatic hydroxyl groups is 1. The normalized spacial score (nSPS) is 16.3. The Labute approximate surface area is 654 Å². The minimum absolute atomic E-state index is 0.00400. The van der Waals surface area contributed by atoms with Gasteiger partial charge in [0.05, 0.1) is 18.6 Å². The molecule has 113 heavy (non-hydrogen) atoms. The molecule has 1 aliphatic heterocycles. The number of likely N-dealkylation sites (tertiary alicyclic amines) is 1. The van der Waals surface area contributed by atoms with Gasteiger partial charge in [-0.3, -0.25) is 96.3 Å². The van der Waals surface area contributed by atoms with Crippen LogP contribution in [0.4, 0.5) is 0 Å². The average Bonchev–Trinajstić information content (AvgIpc) is 1.71. The fourth-order valence-corrected chi connectivity index (χ4v) is 11.5. The van der Waals surface area contributed by atoms with Gasteiger partial charge in [0, 0.05) is 44.5 Å². The molecular weight excluding hydrogens is 1540 g/mol. The average molecular weight is 1640 g/mol. The van der Waals surface area contributed by atoms with Crippen molar-refractivity contribution in [2.75, 3.05) is 18.8 Å². The lowest BCUT2D eigenvalue weighted by Gasteiger charge is -2.30. The standard InChI is InChI=1S/C66H106N19O26PS/c1-29(2)25-42(59(100)78-38(11-9-23-72-66(70)71)57(98)83-50(30(3)4)62(103)75-33(7)64(105)85-24-10-12-45(85)61(102)79-41(65(106)107)17-20-46(68)87)80-60(101)43(26-35-13-15-36(16-14-35)111-112(108,109)110)81-55(96)39(18-21-48(89)90)76-52(93)31(5)73-58(99)44(27-47(69)88)82-56(97)40(19-22-49(91)92)77-53(94)32(6)74-63(104)51(34(8)86)84-54(95)37(67)28-113/h13-16,29-34,37-45,50-51,86,113H,9-12,17-28,67H2,1-8H3,(H2,68,87)(H2,69,88)(H,73,99)(H,74,104)(H,75,103)(H,76,93)(H,77,94)(H,78,100)(H,79,102)(H,80,101)(H,81,96)(H,82,97)(H,83,98)(H,84,95)(H,89,90)(H,91,92)(H,106,107)(H4,70,71,72)(H2,108,109,110)/t31-,32-,33-,34+,37-,38-,39-,40-,41-,42-,43-,44-,45-,50-,51-/m0/s1.